The molecule has 0 aromatic heterocycles. The molecule has 0 atom stereocenters. The van der Waals surface area contributed by atoms with Crippen LogP contribution in [-0.4, -0.2) is 3.21 Å². The fourth-order valence-corrected chi connectivity index (χ4v) is 6.76. The van der Waals surface area contributed by atoms with E-state index in [0.29, 0.717) is 5.41 Å². The summed E-state index contributed by atoms with van der Waals surface area (Å²) in [6.07, 6.45) is 2.18. The number of halogens is 4. The molecule has 50 heavy (non-hydrogen) atoms. The van der Waals surface area contributed by atoms with Crippen molar-refractivity contribution in [2.24, 2.45) is 0 Å². The van der Waals surface area contributed by atoms with Gasteiger partial charge in [-0.15, -0.1) is 5.56 Å². The molecule has 0 saturated heterocycles. The molecule has 0 amide bonds. The van der Waals surface area contributed by atoms with Crippen molar-refractivity contribution in [3.63, 3.8) is 0 Å². The fourth-order valence-electron chi connectivity index (χ4n) is 5.62. The summed E-state index contributed by atoms with van der Waals surface area (Å²) in [5.74, 6) is 0. The van der Waals surface area contributed by atoms with Crippen LogP contribution in [0.1, 0.15) is 114 Å². The summed E-state index contributed by atoms with van der Waals surface area (Å²) >= 11 is 13.3. The number of benzene rings is 4. The van der Waals surface area contributed by atoms with E-state index in [4.69, 9.17) is 23.2 Å². The summed E-state index contributed by atoms with van der Waals surface area (Å²) in [6.45, 7) is 22.6. The molecule has 0 saturated carbocycles. The third-order valence-electron chi connectivity index (χ3n) is 8.84. The smallest absolute Gasteiger partial charge is 1.00 e. The van der Waals surface area contributed by atoms with E-state index in [2.05, 4.69) is 136 Å². The van der Waals surface area contributed by atoms with Gasteiger partial charge in [-0.3, -0.25) is 0 Å². The first-order valence-electron chi connectivity index (χ1n) is 16.9. The summed E-state index contributed by atoms with van der Waals surface area (Å²) in [5.41, 5.74) is 14.3. The van der Waals surface area contributed by atoms with E-state index in [1.54, 1.807) is 0 Å². The maximum atomic E-state index is 5.98. The first-order chi connectivity index (χ1) is 22.4. The predicted molar refractivity (Wildman–Crippen MR) is 207 cm³/mol. The van der Waals surface area contributed by atoms with E-state index >= 15 is 0 Å². The molecule has 6 rings (SSSR count). The van der Waals surface area contributed by atoms with Crippen LogP contribution in [0.15, 0.2) is 97.1 Å². The molecule has 5 heteroatoms. The van der Waals surface area contributed by atoms with Gasteiger partial charge in [-0.2, -0.15) is 52.6 Å². The molecule has 0 N–H and O–H groups in total. The van der Waals surface area contributed by atoms with Crippen LogP contribution >= 0.6 is 23.2 Å². The average molecular weight is 824 g/mol. The topological polar surface area (TPSA) is 0 Å². The number of rotatable bonds is 3. The Kier molecular flexibility index (Phi) is 16.2. The minimum Gasteiger partial charge on any atom is -1.00 e. The van der Waals surface area contributed by atoms with Gasteiger partial charge in [-0.1, -0.05) is 116 Å². The van der Waals surface area contributed by atoms with Crippen molar-refractivity contribution in [1.29, 1.82) is 0 Å². The van der Waals surface area contributed by atoms with Gasteiger partial charge in [0.25, 0.3) is 0 Å². The maximum absolute atomic E-state index is 5.98. The van der Waals surface area contributed by atoms with Gasteiger partial charge >= 0.3 is 120 Å². The van der Waals surface area contributed by atoms with E-state index in [-0.39, 0.29) is 35.6 Å². The first kappa shape index (κ1) is 44.3. The van der Waals surface area contributed by atoms with Crippen molar-refractivity contribution in [3.8, 4) is 11.1 Å². The Hall–Kier alpha value is -1.86. The predicted octanol–water partition coefficient (Wildman–Crippen LogP) is 7.04. The zero-order valence-electron chi connectivity index (χ0n) is 31.2. The Labute approximate surface area is 339 Å². The van der Waals surface area contributed by atoms with E-state index in [0.717, 1.165) is 34.0 Å². The van der Waals surface area contributed by atoms with Crippen molar-refractivity contribution in [2.75, 3.05) is 0 Å². The van der Waals surface area contributed by atoms with Crippen LogP contribution in [0.5, 0.6) is 0 Å². The van der Waals surface area contributed by atoms with Crippen molar-refractivity contribution in [2.45, 2.75) is 98.3 Å². The zero-order valence-corrected chi connectivity index (χ0v) is 36.6. The number of hydrogen-bond acceptors (Lipinski definition) is 0. The van der Waals surface area contributed by atoms with Crippen LogP contribution in [0, 0.1) is 6.07 Å². The molecule has 5 aromatic carbocycles. The molecule has 0 heterocycles. The van der Waals surface area contributed by atoms with Crippen molar-refractivity contribution >= 4 is 26.4 Å². The van der Waals surface area contributed by atoms with Gasteiger partial charge in [0.2, 0.25) is 0 Å². The Balaban J connectivity index is 0.000000268. The molecule has 1 aliphatic carbocycles. The van der Waals surface area contributed by atoms with Gasteiger partial charge in [-0.05, 0) is 17.4 Å². The summed E-state index contributed by atoms with van der Waals surface area (Å²) in [7, 11) is 0. The molecule has 0 unspecified atom stereocenters. The van der Waals surface area contributed by atoms with Crippen molar-refractivity contribution < 1.29 is 49.0 Å². The molecule has 264 valence electrons. The first-order valence-corrected chi connectivity index (χ1v) is 18.9. The van der Waals surface area contributed by atoms with E-state index in [1.807, 2.05) is 36.4 Å². The minimum atomic E-state index is 0. The molecule has 0 spiro atoms. The van der Waals surface area contributed by atoms with Crippen molar-refractivity contribution in [3.05, 3.63) is 158 Å². The Morgan fingerprint density at radius 2 is 1.20 bits per heavy atom. The van der Waals surface area contributed by atoms with Crippen molar-refractivity contribution in [1.82, 2.24) is 0 Å². The van der Waals surface area contributed by atoms with Crippen LogP contribution in [0.2, 0.25) is 10.0 Å². The van der Waals surface area contributed by atoms with E-state index in [1.165, 1.54) is 71.9 Å². The summed E-state index contributed by atoms with van der Waals surface area (Å²) in [4.78, 5) is 0. The molecule has 5 aromatic rings. The quantitative estimate of drug-likeness (QED) is 0.168. The molecular formula is C45H50Cl4Zr-2. The van der Waals surface area contributed by atoms with Crippen LogP contribution in [0.25, 0.3) is 11.1 Å². The normalized spacial score (nSPS) is 11.8. The standard InChI is InChI=1S/C21H25.C13H8Cl2.C11H17.2ClH.Zr/c1-20(2,3)16-9-7-14-11-15-8-10-17(21(4,5)6)13-19(15)18(14)12-16;14-12-5-1-3-10(8-12)7-11-4-2-6-13(15)9-11;1-5-9-6-7-10(8-9)11(2,3)4;;;/h7,9-10,12-13H,11H2,1-6H3;1-6,8-9H;6-8H,5H2,1-4H3;2*1H;/q-1;;-1;;;+2/p-2. The van der Waals surface area contributed by atoms with Gasteiger partial charge in [-0.25, -0.2) is 6.07 Å². The Morgan fingerprint density at radius 3 is 1.64 bits per heavy atom. The monoisotopic (exact) mass is 820 g/mol. The van der Waals surface area contributed by atoms with Gasteiger partial charge in [0.05, 0.1) is 0 Å². The molecule has 0 aliphatic heterocycles. The van der Waals surface area contributed by atoms with Gasteiger partial charge in [0.15, 0.2) is 0 Å². The number of hydrogen-bond donors (Lipinski definition) is 0. The van der Waals surface area contributed by atoms with Gasteiger partial charge < -0.3 is 24.8 Å². The van der Waals surface area contributed by atoms with Crippen LogP contribution in [0.3, 0.4) is 0 Å². The second-order valence-corrected chi connectivity index (χ2v) is 17.9. The SMILES string of the molecule is CC(C)(C)c1c[c-]c2c(c1)-c1cc(C(C)(C)C)ccc1C2.CCc1cc(C(C)(C)C)c[cH-]1.Clc1cccc([C](=[Zr+2])c2cccc(Cl)c2)c1.[Cl-].[Cl-]. The molecule has 1 aliphatic rings. The van der Waals surface area contributed by atoms with Crippen LogP contribution < -0.4 is 24.8 Å². The third-order valence-corrected chi connectivity index (χ3v) is 10.7. The average Bonchev–Trinajstić information content (AvgIpc) is 3.65. The summed E-state index contributed by atoms with van der Waals surface area (Å²) in [5, 5.41) is 1.53. The number of fused-ring (bicyclic) bond motifs is 3. The summed E-state index contributed by atoms with van der Waals surface area (Å²) in [6, 6.07) is 37.6. The third kappa shape index (κ3) is 11.8. The summed E-state index contributed by atoms with van der Waals surface area (Å²) < 4.78 is 1.26. The molecule has 0 fully saturated rings. The largest absolute Gasteiger partial charge is 1.00 e. The Bertz CT molecular complexity index is 1770. The Morgan fingerprint density at radius 1 is 0.680 bits per heavy atom. The van der Waals surface area contributed by atoms with Gasteiger partial charge in [0, 0.05) is 0 Å². The maximum Gasteiger partial charge on any atom is -1.00 e. The molecule has 0 radical (unpaired) electrons. The van der Waals surface area contributed by atoms with E-state index < -0.39 is 0 Å². The second-order valence-electron chi connectivity index (χ2n) is 15.8. The molecular weight excluding hydrogens is 774 g/mol. The molecule has 0 nitrogen and oxygen atoms in total. The van der Waals surface area contributed by atoms with Gasteiger partial charge in [0.1, 0.15) is 0 Å². The van der Waals surface area contributed by atoms with Crippen LogP contribution in [0.4, 0.5) is 0 Å². The number of aryl methyl sites for hydroxylation is 1. The fraction of sp³-hybridized carbons (Fsp3) is 0.333. The van der Waals surface area contributed by atoms with Crippen LogP contribution in [-0.2, 0) is 53.3 Å². The zero-order chi connectivity index (χ0) is 35.4. The second kappa shape index (κ2) is 18.3. The van der Waals surface area contributed by atoms with E-state index in [9.17, 15) is 0 Å². The molecule has 0 bridgehead atoms. The minimum absolute atomic E-state index is 0.